The standard InChI is InChI=1S/C15H18BrNO2/c1-4-9(2)15(19-8-18)12-5-11(16)6-13-14(12)10(3)7-17-13/h5-9,15,17H,4H2,1-3H3. The van der Waals surface area contributed by atoms with E-state index in [0.29, 0.717) is 6.47 Å². The van der Waals surface area contributed by atoms with Crippen molar-refractivity contribution in [2.45, 2.75) is 33.3 Å². The number of aryl methyl sites for hydroxylation is 1. The Morgan fingerprint density at radius 2 is 2.21 bits per heavy atom. The van der Waals surface area contributed by atoms with E-state index in [1.54, 1.807) is 0 Å². The number of nitrogens with one attached hydrogen (secondary N) is 1. The molecule has 0 bridgehead atoms. The molecule has 0 fully saturated rings. The fraction of sp³-hybridized carbons (Fsp3) is 0.400. The van der Waals surface area contributed by atoms with Gasteiger partial charge in [-0.25, -0.2) is 0 Å². The van der Waals surface area contributed by atoms with Crippen molar-refractivity contribution in [2.75, 3.05) is 0 Å². The third-order valence-electron chi connectivity index (χ3n) is 3.64. The van der Waals surface area contributed by atoms with Gasteiger partial charge in [0.15, 0.2) is 0 Å². The molecule has 2 unspecified atom stereocenters. The summed E-state index contributed by atoms with van der Waals surface area (Å²) in [7, 11) is 0. The Morgan fingerprint density at radius 3 is 2.84 bits per heavy atom. The number of hydrogen-bond donors (Lipinski definition) is 1. The molecule has 0 aliphatic rings. The van der Waals surface area contributed by atoms with Gasteiger partial charge in [0, 0.05) is 27.1 Å². The Labute approximate surface area is 121 Å². The van der Waals surface area contributed by atoms with E-state index in [1.807, 2.05) is 18.3 Å². The maximum Gasteiger partial charge on any atom is 0.293 e. The zero-order chi connectivity index (χ0) is 14.0. The summed E-state index contributed by atoms with van der Waals surface area (Å²) in [4.78, 5) is 14.1. The van der Waals surface area contributed by atoms with Crippen molar-refractivity contribution in [1.29, 1.82) is 0 Å². The van der Waals surface area contributed by atoms with Crippen molar-refractivity contribution < 1.29 is 9.53 Å². The third kappa shape index (κ3) is 2.68. The number of aromatic amines is 1. The van der Waals surface area contributed by atoms with E-state index < -0.39 is 0 Å². The van der Waals surface area contributed by atoms with Crippen LogP contribution in [0.15, 0.2) is 22.8 Å². The maximum atomic E-state index is 10.8. The summed E-state index contributed by atoms with van der Waals surface area (Å²) >= 11 is 3.52. The minimum absolute atomic E-state index is 0.211. The van der Waals surface area contributed by atoms with Crippen LogP contribution in [0.4, 0.5) is 0 Å². The molecule has 3 nitrogen and oxygen atoms in total. The van der Waals surface area contributed by atoms with Crippen LogP contribution in [-0.2, 0) is 9.53 Å². The SMILES string of the molecule is CCC(C)C(OC=O)c1cc(Br)cc2[nH]cc(C)c12. The van der Waals surface area contributed by atoms with E-state index in [0.717, 1.165) is 27.4 Å². The normalized spacial score (nSPS) is 14.3. The molecule has 0 saturated carbocycles. The number of carbonyl (C=O) groups excluding carboxylic acids is 1. The first-order chi connectivity index (χ1) is 9.08. The largest absolute Gasteiger partial charge is 0.459 e. The van der Waals surface area contributed by atoms with E-state index in [4.69, 9.17) is 4.74 Å². The zero-order valence-electron chi connectivity index (χ0n) is 11.4. The van der Waals surface area contributed by atoms with Gasteiger partial charge in [-0.05, 0) is 37.0 Å². The molecule has 1 aromatic heterocycles. The summed E-state index contributed by atoms with van der Waals surface area (Å²) in [6.07, 6.45) is 2.72. The van der Waals surface area contributed by atoms with Gasteiger partial charge in [0.1, 0.15) is 6.10 Å². The molecular weight excluding hydrogens is 306 g/mol. The minimum atomic E-state index is -0.211. The highest BCUT2D eigenvalue weighted by atomic mass is 79.9. The van der Waals surface area contributed by atoms with Crippen LogP contribution in [0.5, 0.6) is 0 Å². The topological polar surface area (TPSA) is 42.1 Å². The lowest BCUT2D eigenvalue weighted by Crippen LogP contribution is -2.13. The number of rotatable bonds is 5. The third-order valence-corrected chi connectivity index (χ3v) is 4.10. The van der Waals surface area contributed by atoms with Crippen molar-refractivity contribution in [1.82, 2.24) is 4.98 Å². The lowest BCUT2D eigenvalue weighted by Gasteiger charge is -2.23. The Hall–Kier alpha value is -1.29. The van der Waals surface area contributed by atoms with E-state index in [2.05, 4.69) is 41.7 Å². The van der Waals surface area contributed by atoms with Crippen LogP contribution in [0.2, 0.25) is 0 Å². The van der Waals surface area contributed by atoms with Gasteiger partial charge in [-0.15, -0.1) is 0 Å². The second kappa shape index (κ2) is 5.78. The lowest BCUT2D eigenvalue weighted by molar-refractivity contribution is -0.136. The van der Waals surface area contributed by atoms with Gasteiger partial charge >= 0.3 is 0 Å². The number of hydrogen-bond acceptors (Lipinski definition) is 2. The van der Waals surface area contributed by atoms with E-state index >= 15 is 0 Å². The number of fused-ring (bicyclic) bond motifs is 1. The Kier molecular flexibility index (Phi) is 4.30. The fourth-order valence-electron chi connectivity index (χ4n) is 2.45. The summed E-state index contributed by atoms with van der Waals surface area (Å²) in [6, 6.07) is 4.09. The summed E-state index contributed by atoms with van der Waals surface area (Å²) in [5, 5.41) is 1.15. The van der Waals surface area contributed by atoms with Gasteiger partial charge in [-0.3, -0.25) is 4.79 Å². The van der Waals surface area contributed by atoms with Gasteiger partial charge < -0.3 is 9.72 Å². The Balaban J connectivity index is 2.63. The van der Waals surface area contributed by atoms with Gasteiger partial charge in [0.05, 0.1) is 0 Å². The number of carbonyl (C=O) groups is 1. The predicted molar refractivity (Wildman–Crippen MR) is 80.1 cm³/mol. The van der Waals surface area contributed by atoms with Crippen LogP contribution < -0.4 is 0 Å². The molecule has 0 aliphatic heterocycles. The molecule has 0 aliphatic carbocycles. The second-order valence-corrected chi connectivity index (χ2v) is 5.84. The molecule has 2 aromatic rings. The van der Waals surface area contributed by atoms with Crippen molar-refractivity contribution in [3.8, 4) is 0 Å². The molecule has 0 spiro atoms. The molecule has 1 N–H and O–H groups in total. The first-order valence-corrected chi connectivity index (χ1v) is 7.24. The Bertz CT molecular complexity index is 591. The van der Waals surface area contributed by atoms with Crippen LogP contribution in [0.25, 0.3) is 10.9 Å². The van der Waals surface area contributed by atoms with Crippen LogP contribution in [0.1, 0.15) is 37.5 Å². The first-order valence-electron chi connectivity index (χ1n) is 6.44. The number of ether oxygens (including phenoxy) is 1. The molecule has 4 heteroatoms. The van der Waals surface area contributed by atoms with Crippen LogP contribution >= 0.6 is 15.9 Å². The average Bonchev–Trinajstić information content (AvgIpc) is 2.76. The van der Waals surface area contributed by atoms with Crippen LogP contribution in [-0.4, -0.2) is 11.5 Å². The molecule has 19 heavy (non-hydrogen) atoms. The predicted octanol–water partition coefficient (Wildman–Crippen LogP) is 4.50. The summed E-state index contributed by atoms with van der Waals surface area (Å²) in [5.74, 6) is 0.275. The highest BCUT2D eigenvalue weighted by molar-refractivity contribution is 9.10. The monoisotopic (exact) mass is 323 g/mol. The number of H-pyrrole nitrogens is 1. The number of benzene rings is 1. The molecule has 0 radical (unpaired) electrons. The van der Waals surface area contributed by atoms with E-state index in [-0.39, 0.29) is 12.0 Å². The molecule has 0 amide bonds. The number of halogens is 1. The van der Waals surface area contributed by atoms with E-state index in [9.17, 15) is 4.79 Å². The summed E-state index contributed by atoms with van der Waals surface area (Å²) in [6.45, 7) is 6.81. The minimum Gasteiger partial charge on any atom is -0.459 e. The fourth-order valence-corrected chi connectivity index (χ4v) is 2.93. The molecule has 1 aromatic carbocycles. The van der Waals surface area contributed by atoms with Crippen molar-refractivity contribution in [3.05, 3.63) is 33.9 Å². The zero-order valence-corrected chi connectivity index (χ0v) is 13.0. The molecule has 0 saturated heterocycles. The van der Waals surface area contributed by atoms with Gasteiger partial charge in [-0.1, -0.05) is 29.8 Å². The van der Waals surface area contributed by atoms with E-state index in [1.165, 1.54) is 5.56 Å². The van der Waals surface area contributed by atoms with Crippen LogP contribution in [0.3, 0.4) is 0 Å². The first kappa shape index (κ1) is 14.1. The Morgan fingerprint density at radius 1 is 1.47 bits per heavy atom. The van der Waals surface area contributed by atoms with Gasteiger partial charge in [0.2, 0.25) is 0 Å². The van der Waals surface area contributed by atoms with Crippen molar-refractivity contribution >= 4 is 33.3 Å². The van der Waals surface area contributed by atoms with Gasteiger partial charge in [0.25, 0.3) is 6.47 Å². The average molecular weight is 324 g/mol. The van der Waals surface area contributed by atoms with Crippen molar-refractivity contribution in [3.63, 3.8) is 0 Å². The molecule has 2 rings (SSSR count). The molecule has 1 heterocycles. The highest BCUT2D eigenvalue weighted by Crippen LogP contribution is 2.36. The van der Waals surface area contributed by atoms with Crippen LogP contribution in [0, 0.1) is 12.8 Å². The smallest absolute Gasteiger partial charge is 0.293 e. The molecule has 2 atom stereocenters. The van der Waals surface area contributed by atoms with Crippen molar-refractivity contribution in [2.24, 2.45) is 5.92 Å². The second-order valence-electron chi connectivity index (χ2n) is 4.93. The summed E-state index contributed by atoms with van der Waals surface area (Å²) < 4.78 is 6.34. The molecule has 102 valence electrons. The van der Waals surface area contributed by atoms with Gasteiger partial charge in [-0.2, -0.15) is 0 Å². The lowest BCUT2D eigenvalue weighted by atomic mass is 9.92. The number of aromatic nitrogens is 1. The highest BCUT2D eigenvalue weighted by Gasteiger charge is 2.23. The maximum absolute atomic E-state index is 10.8. The summed E-state index contributed by atoms with van der Waals surface area (Å²) in [5.41, 5.74) is 3.29. The molecular formula is C15H18BrNO2. The quantitative estimate of drug-likeness (QED) is 0.823.